The smallest absolute Gasteiger partial charge is 0.326 e. The van der Waals surface area contributed by atoms with Gasteiger partial charge in [-0.15, -0.1) is 0 Å². The van der Waals surface area contributed by atoms with E-state index >= 15 is 0 Å². The number of hydrogen-bond acceptors (Lipinski definition) is 5. The third-order valence-corrected chi connectivity index (χ3v) is 2.50. The van der Waals surface area contributed by atoms with Gasteiger partial charge < -0.3 is 25.5 Å². The third kappa shape index (κ3) is 6.41. The zero-order valence-corrected chi connectivity index (χ0v) is 11.6. The minimum Gasteiger partial charge on any atom is -0.480 e. The second-order valence-corrected chi connectivity index (χ2v) is 4.13. The second-order valence-electron chi connectivity index (χ2n) is 4.13. The molecule has 0 aliphatic rings. The van der Waals surface area contributed by atoms with E-state index in [0.29, 0.717) is 5.69 Å². The van der Waals surface area contributed by atoms with Gasteiger partial charge in [0.05, 0.1) is 19.4 Å². The number of urea groups is 1. The number of carboxylic acids is 1. The number of nitrogens with zero attached hydrogens (tertiary/aromatic N) is 1. The number of esters is 1. The summed E-state index contributed by atoms with van der Waals surface area (Å²) in [6, 6.07) is -1.75. The first-order valence-electron chi connectivity index (χ1n) is 6.43. The molecule has 4 N–H and O–H groups in total. The van der Waals surface area contributed by atoms with Crippen LogP contribution in [-0.4, -0.2) is 52.2 Å². The lowest BCUT2D eigenvalue weighted by atomic mass is 10.2. The zero-order valence-electron chi connectivity index (χ0n) is 11.6. The van der Waals surface area contributed by atoms with Crippen LogP contribution in [0.15, 0.2) is 12.5 Å². The van der Waals surface area contributed by atoms with E-state index in [1.165, 1.54) is 12.5 Å². The average molecular weight is 298 g/mol. The number of carboxylic acid groups (broad SMARTS) is 1. The Kier molecular flexibility index (Phi) is 6.72. The quantitative estimate of drug-likeness (QED) is 0.485. The Hall–Kier alpha value is -2.58. The molecular formula is C12H18N4O5. The number of H-pyrrole nitrogens is 1. The topological polar surface area (TPSA) is 133 Å². The molecule has 0 saturated carbocycles. The fourth-order valence-electron chi connectivity index (χ4n) is 1.54. The number of hydrogen-bond donors (Lipinski definition) is 4. The summed E-state index contributed by atoms with van der Waals surface area (Å²) < 4.78 is 4.70. The van der Waals surface area contributed by atoms with Crippen molar-refractivity contribution in [1.29, 1.82) is 0 Å². The molecule has 1 rings (SSSR count). The number of imidazole rings is 1. The number of aromatic amines is 1. The first kappa shape index (κ1) is 16.5. The highest BCUT2D eigenvalue weighted by Gasteiger charge is 2.20. The number of rotatable bonds is 8. The molecule has 1 unspecified atom stereocenters. The van der Waals surface area contributed by atoms with Crippen LogP contribution >= 0.6 is 0 Å². The second kappa shape index (κ2) is 8.56. The highest BCUT2D eigenvalue weighted by Crippen LogP contribution is 1.98. The number of carbonyl (C=O) groups excluding carboxylic acids is 2. The van der Waals surface area contributed by atoms with Gasteiger partial charge in [0.1, 0.15) is 6.04 Å². The van der Waals surface area contributed by atoms with Crippen LogP contribution in [0.1, 0.15) is 19.0 Å². The Morgan fingerprint density at radius 2 is 2.24 bits per heavy atom. The monoisotopic (exact) mass is 298 g/mol. The Labute approximate surface area is 121 Å². The highest BCUT2D eigenvalue weighted by molar-refractivity contribution is 5.83. The van der Waals surface area contributed by atoms with E-state index in [1.54, 1.807) is 6.92 Å². The number of carbonyl (C=O) groups is 3. The number of amides is 2. The predicted molar refractivity (Wildman–Crippen MR) is 71.5 cm³/mol. The van der Waals surface area contributed by atoms with Crippen LogP contribution in [-0.2, 0) is 20.7 Å². The van der Waals surface area contributed by atoms with E-state index in [-0.39, 0.29) is 26.0 Å². The molecule has 9 heteroatoms. The van der Waals surface area contributed by atoms with Crippen LogP contribution in [0.5, 0.6) is 0 Å². The fraction of sp³-hybridized carbons (Fsp3) is 0.500. The summed E-state index contributed by atoms with van der Waals surface area (Å²) in [4.78, 5) is 40.2. The van der Waals surface area contributed by atoms with E-state index in [2.05, 4.69) is 20.6 Å². The molecule has 1 heterocycles. The van der Waals surface area contributed by atoms with Crippen LogP contribution in [0.2, 0.25) is 0 Å². The summed E-state index contributed by atoms with van der Waals surface area (Å²) in [5.41, 5.74) is 0.592. The maximum absolute atomic E-state index is 11.6. The van der Waals surface area contributed by atoms with Gasteiger partial charge in [-0.1, -0.05) is 0 Å². The molecule has 116 valence electrons. The van der Waals surface area contributed by atoms with Gasteiger partial charge in [0.2, 0.25) is 0 Å². The molecule has 0 aromatic carbocycles. The van der Waals surface area contributed by atoms with Crippen molar-refractivity contribution in [3.05, 3.63) is 18.2 Å². The number of aliphatic carboxylic acids is 1. The fourth-order valence-corrected chi connectivity index (χ4v) is 1.54. The van der Waals surface area contributed by atoms with Gasteiger partial charge in [-0.05, 0) is 6.92 Å². The SMILES string of the molecule is CCOC(=O)CCNC(=O)NC(Cc1cnc[nH]1)C(=O)O. The van der Waals surface area contributed by atoms with Gasteiger partial charge in [-0.25, -0.2) is 14.6 Å². The van der Waals surface area contributed by atoms with E-state index in [4.69, 9.17) is 9.84 Å². The molecule has 0 aliphatic carbocycles. The van der Waals surface area contributed by atoms with Crippen molar-refractivity contribution < 1.29 is 24.2 Å². The lowest BCUT2D eigenvalue weighted by Gasteiger charge is -2.14. The first-order valence-corrected chi connectivity index (χ1v) is 6.43. The summed E-state index contributed by atoms with van der Waals surface area (Å²) in [6.07, 6.45) is 3.02. The van der Waals surface area contributed by atoms with Crippen LogP contribution in [0.4, 0.5) is 4.79 Å². The van der Waals surface area contributed by atoms with Crippen LogP contribution in [0.25, 0.3) is 0 Å². The van der Waals surface area contributed by atoms with Crippen molar-refractivity contribution in [2.75, 3.05) is 13.2 Å². The minimum absolute atomic E-state index is 0.0273. The van der Waals surface area contributed by atoms with E-state index in [1.807, 2.05) is 0 Å². The van der Waals surface area contributed by atoms with Crippen LogP contribution < -0.4 is 10.6 Å². The van der Waals surface area contributed by atoms with E-state index < -0.39 is 24.0 Å². The predicted octanol–water partition coefficient (Wildman–Crippen LogP) is -0.342. The summed E-state index contributed by atoms with van der Waals surface area (Å²) >= 11 is 0. The summed E-state index contributed by atoms with van der Waals surface area (Å²) in [5.74, 6) is -1.59. The van der Waals surface area contributed by atoms with Gasteiger partial charge in [0.25, 0.3) is 0 Å². The van der Waals surface area contributed by atoms with Crippen molar-refractivity contribution in [3.63, 3.8) is 0 Å². The van der Waals surface area contributed by atoms with Crippen LogP contribution in [0.3, 0.4) is 0 Å². The molecule has 0 aliphatic heterocycles. The molecule has 1 aromatic rings. The summed E-state index contributed by atoms with van der Waals surface area (Å²) in [6.45, 7) is 2.03. The average Bonchev–Trinajstić information content (AvgIpc) is 2.91. The van der Waals surface area contributed by atoms with Gasteiger partial charge in [-0.3, -0.25) is 4.79 Å². The third-order valence-electron chi connectivity index (χ3n) is 2.50. The van der Waals surface area contributed by atoms with Crippen molar-refractivity contribution in [2.24, 2.45) is 0 Å². The number of aromatic nitrogens is 2. The molecule has 0 spiro atoms. The Morgan fingerprint density at radius 1 is 1.48 bits per heavy atom. The molecule has 2 amide bonds. The molecule has 0 saturated heterocycles. The van der Waals surface area contributed by atoms with E-state index in [9.17, 15) is 14.4 Å². The maximum atomic E-state index is 11.6. The Morgan fingerprint density at radius 3 is 2.81 bits per heavy atom. The number of ether oxygens (including phenoxy) is 1. The molecular weight excluding hydrogens is 280 g/mol. The lowest BCUT2D eigenvalue weighted by Crippen LogP contribution is -2.47. The molecule has 1 aromatic heterocycles. The van der Waals surface area contributed by atoms with Crippen molar-refractivity contribution in [1.82, 2.24) is 20.6 Å². The maximum Gasteiger partial charge on any atom is 0.326 e. The summed E-state index contributed by atoms with van der Waals surface area (Å²) in [7, 11) is 0. The normalized spacial score (nSPS) is 11.5. The van der Waals surface area contributed by atoms with E-state index in [0.717, 1.165) is 0 Å². The first-order chi connectivity index (χ1) is 10.0. The van der Waals surface area contributed by atoms with Gasteiger partial charge in [-0.2, -0.15) is 0 Å². The van der Waals surface area contributed by atoms with Crippen LogP contribution in [0, 0.1) is 0 Å². The van der Waals surface area contributed by atoms with Crippen molar-refractivity contribution >= 4 is 18.0 Å². The molecule has 0 radical (unpaired) electrons. The summed E-state index contributed by atoms with van der Waals surface area (Å²) in [5, 5.41) is 13.8. The standard InChI is InChI=1S/C12H18N4O5/c1-2-21-10(17)3-4-14-12(20)16-9(11(18)19)5-8-6-13-7-15-8/h6-7,9H,2-5H2,1H3,(H,13,15)(H,18,19)(H2,14,16,20). The van der Waals surface area contributed by atoms with Gasteiger partial charge >= 0.3 is 18.0 Å². The van der Waals surface area contributed by atoms with Gasteiger partial charge in [0, 0.05) is 24.9 Å². The zero-order chi connectivity index (χ0) is 15.7. The molecule has 1 atom stereocenters. The largest absolute Gasteiger partial charge is 0.480 e. The van der Waals surface area contributed by atoms with Gasteiger partial charge in [0.15, 0.2) is 0 Å². The lowest BCUT2D eigenvalue weighted by molar-refractivity contribution is -0.143. The highest BCUT2D eigenvalue weighted by atomic mass is 16.5. The molecule has 21 heavy (non-hydrogen) atoms. The minimum atomic E-state index is -1.16. The number of nitrogens with one attached hydrogen (secondary N) is 3. The molecule has 0 bridgehead atoms. The van der Waals surface area contributed by atoms with Crippen molar-refractivity contribution in [2.45, 2.75) is 25.8 Å². The molecule has 0 fully saturated rings. The Bertz CT molecular complexity index is 474. The Balaban J connectivity index is 2.35. The van der Waals surface area contributed by atoms with Crippen molar-refractivity contribution in [3.8, 4) is 0 Å². The molecule has 9 nitrogen and oxygen atoms in total.